The lowest BCUT2D eigenvalue weighted by Gasteiger charge is -2.32. The highest BCUT2D eigenvalue weighted by molar-refractivity contribution is 6.31. The lowest BCUT2D eigenvalue weighted by molar-refractivity contribution is 0.312. The van der Waals surface area contributed by atoms with Crippen LogP contribution in [0.5, 0.6) is 0 Å². The van der Waals surface area contributed by atoms with Crippen molar-refractivity contribution < 1.29 is 0 Å². The zero-order valence-corrected chi connectivity index (χ0v) is 13.5. The number of benzene rings is 1. The number of nitrogens with one attached hydrogen (secondary N) is 1. The van der Waals surface area contributed by atoms with Crippen molar-refractivity contribution in [3.8, 4) is 0 Å². The third-order valence-corrected chi connectivity index (χ3v) is 4.21. The molecule has 0 saturated carbocycles. The van der Waals surface area contributed by atoms with Gasteiger partial charge in [0.15, 0.2) is 5.82 Å². The van der Waals surface area contributed by atoms with E-state index in [4.69, 9.17) is 11.6 Å². The number of anilines is 3. The van der Waals surface area contributed by atoms with Gasteiger partial charge in [0.1, 0.15) is 0 Å². The van der Waals surface area contributed by atoms with E-state index >= 15 is 0 Å². The number of rotatable bonds is 3. The average Bonchev–Trinajstić information content (AvgIpc) is 2.52. The second-order valence-electron chi connectivity index (χ2n) is 5.52. The number of aryl methyl sites for hydroxylation is 1. The molecule has 0 aliphatic carbocycles. The Balaban J connectivity index is 1.74. The van der Waals surface area contributed by atoms with Crippen molar-refractivity contribution in [1.82, 2.24) is 20.1 Å². The Hall–Kier alpha value is -1.92. The molecule has 1 aliphatic heterocycles. The van der Waals surface area contributed by atoms with E-state index < -0.39 is 0 Å². The van der Waals surface area contributed by atoms with E-state index in [2.05, 4.69) is 37.3 Å². The summed E-state index contributed by atoms with van der Waals surface area (Å²) in [7, 11) is 2.13. The topological polar surface area (TPSA) is 57.2 Å². The Bertz CT molecular complexity index is 654. The first kappa shape index (κ1) is 15.0. The third-order valence-electron chi connectivity index (χ3n) is 3.80. The molecule has 6 nitrogen and oxygen atoms in total. The van der Waals surface area contributed by atoms with Crippen LogP contribution in [0.1, 0.15) is 5.56 Å². The number of hydrogen-bond donors (Lipinski definition) is 1. The van der Waals surface area contributed by atoms with Crippen molar-refractivity contribution in [1.29, 1.82) is 0 Å². The van der Waals surface area contributed by atoms with Crippen LogP contribution in [0.25, 0.3) is 0 Å². The molecule has 0 unspecified atom stereocenters. The number of hydrogen-bond acceptors (Lipinski definition) is 6. The summed E-state index contributed by atoms with van der Waals surface area (Å²) in [5.74, 6) is 1.33. The Labute approximate surface area is 135 Å². The van der Waals surface area contributed by atoms with Gasteiger partial charge in [0.2, 0.25) is 5.95 Å². The number of piperazine rings is 1. The van der Waals surface area contributed by atoms with E-state index in [0.717, 1.165) is 43.2 Å². The first-order valence-corrected chi connectivity index (χ1v) is 7.66. The van der Waals surface area contributed by atoms with Crippen LogP contribution in [-0.2, 0) is 0 Å². The fraction of sp³-hybridized carbons (Fsp3) is 0.400. The summed E-state index contributed by atoms with van der Waals surface area (Å²) >= 11 is 6.14. The van der Waals surface area contributed by atoms with Gasteiger partial charge in [-0.1, -0.05) is 17.7 Å². The average molecular weight is 319 g/mol. The highest BCUT2D eigenvalue weighted by Gasteiger charge is 2.16. The van der Waals surface area contributed by atoms with Crippen molar-refractivity contribution in [2.24, 2.45) is 0 Å². The summed E-state index contributed by atoms with van der Waals surface area (Å²) in [6.07, 6.45) is 1.71. The van der Waals surface area contributed by atoms with Crippen LogP contribution in [0.4, 0.5) is 17.5 Å². The van der Waals surface area contributed by atoms with E-state index in [1.807, 2.05) is 25.1 Å². The molecule has 116 valence electrons. The molecule has 3 rings (SSSR count). The maximum Gasteiger partial charge on any atom is 0.249 e. The third kappa shape index (κ3) is 3.45. The van der Waals surface area contributed by atoms with Gasteiger partial charge < -0.3 is 15.1 Å². The number of nitrogens with zero attached hydrogens (tertiary/aromatic N) is 5. The van der Waals surface area contributed by atoms with Crippen molar-refractivity contribution >= 4 is 29.1 Å². The number of likely N-dealkylation sites (N-methyl/N-ethyl adjacent to an activating group) is 1. The van der Waals surface area contributed by atoms with E-state index in [1.165, 1.54) is 0 Å². The van der Waals surface area contributed by atoms with Crippen LogP contribution in [0.2, 0.25) is 5.02 Å². The van der Waals surface area contributed by atoms with Gasteiger partial charge >= 0.3 is 0 Å². The molecule has 7 heteroatoms. The molecular weight excluding hydrogens is 300 g/mol. The van der Waals surface area contributed by atoms with Crippen LogP contribution < -0.4 is 10.2 Å². The van der Waals surface area contributed by atoms with E-state index in [-0.39, 0.29) is 0 Å². The van der Waals surface area contributed by atoms with Crippen LogP contribution in [0, 0.1) is 6.92 Å². The summed E-state index contributed by atoms with van der Waals surface area (Å²) in [5, 5.41) is 12.0. The summed E-state index contributed by atoms with van der Waals surface area (Å²) < 4.78 is 0. The molecule has 0 atom stereocenters. The van der Waals surface area contributed by atoms with Crippen LogP contribution in [-0.4, -0.2) is 53.3 Å². The molecule has 2 aromatic rings. The fourth-order valence-corrected chi connectivity index (χ4v) is 2.52. The smallest absolute Gasteiger partial charge is 0.249 e. The molecule has 1 N–H and O–H groups in total. The summed E-state index contributed by atoms with van der Waals surface area (Å²) in [4.78, 5) is 9.08. The van der Waals surface area contributed by atoms with Gasteiger partial charge in [-0.15, -0.1) is 5.10 Å². The van der Waals surface area contributed by atoms with Crippen LogP contribution in [0.3, 0.4) is 0 Å². The SMILES string of the molecule is Cc1ccc(Nc2nncc(N3CCN(C)CC3)n2)cc1Cl. The predicted octanol–water partition coefficient (Wildman–Crippen LogP) is 2.33. The number of aromatic nitrogens is 3. The maximum absolute atomic E-state index is 6.14. The van der Waals surface area contributed by atoms with E-state index in [9.17, 15) is 0 Å². The fourth-order valence-electron chi connectivity index (χ4n) is 2.34. The molecule has 1 aromatic heterocycles. The maximum atomic E-state index is 6.14. The molecule has 0 bridgehead atoms. The summed E-state index contributed by atoms with van der Waals surface area (Å²) in [6, 6.07) is 5.78. The van der Waals surface area contributed by atoms with Crippen LogP contribution in [0.15, 0.2) is 24.4 Å². The lowest BCUT2D eigenvalue weighted by Crippen LogP contribution is -2.44. The van der Waals surface area contributed by atoms with E-state index in [0.29, 0.717) is 11.0 Å². The van der Waals surface area contributed by atoms with Gasteiger partial charge in [0.05, 0.1) is 6.20 Å². The molecule has 0 radical (unpaired) electrons. The molecule has 0 amide bonds. The minimum atomic E-state index is 0.483. The second kappa shape index (κ2) is 6.46. The van der Waals surface area contributed by atoms with Crippen LogP contribution >= 0.6 is 11.6 Å². The molecule has 2 heterocycles. The quantitative estimate of drug-likeness (QED) is 0.937. The van der Waals surface area contributed by atoms with Crippen molar-refractivity contribution in [2.45, 2.75) is 6.92 Å². The van der Waals surface area contributed by atoms with E-state index in [1.54, 1.807) is 6.20 Å². The van der Waals surface area contributed by atoms with Crippen molar-refractivity contribution in [2.75, 3.05) is 43.4 Å². The minimum absolute atomic E-state index is 0.483. The largest absolute Gasteiger partial charge is 0.353 e. The zero-order chi connectivity index (χ0) is 15.5. The van der Waals surface area contributed by atoms with Gasteiger partial charge in [-0.2, -0.15) is 10.1 Å². The summed E-state index contributed by atoms with van der Waals surface area (Å²) in [5.41, 5.74) is 1.89. The Kier molecular flexibility index (Phi) is 4.40. The van der Waals surface area contributed by atoms with Crippen molar-refractivity contribution in [3.05, 3.63) is 35.0 Å². The Morgan fingerprint density at radius 2 is 1.95 bits per heavy atom. The first-order valence-electron chi connectivity index (χ1n) is 7.28. The second-order valence-corrected chi connectivity index (χ2v) is 5.92. The van der Waals surface area contributed by atoms with Gasteiger partial charge in [-0.3, -0.25) is 0 Å². The molecule has 1 aromatic carbocycles. The molecule has 1 fully saturated rings. The first-order chi connectivity index (χ1) is 10.6. The molecule has 0 spiro atoms. The highest BCUT2D eigenvalue weighted by atomic mass is 35.5. The van der Waals surface area contributed by atoms with Crippen molar-refractivity contribution in [3.63, 3.8) is 0 Å². The number of halogens is 1. The Morgan fingerprint density at radius 1 is 1.18 bits per heavy atom. The molecule has 1 saturated heterocycles. The minimum Gasteiger partial charge on any atom is -0.353 e. The van der Waals surface area contributed by atoms with Gasteiger partial charge in [-0.25, -0.2) is 0 Å². The molecule has 22 heavy (non-hydrogen) atoms. The summed E-state index contributed by atoms with van der Waals surface area (Å²) in [6.45, 7) is 5.93. The van der Waals surface area contributed by atoms with Gasteiger partial charge in [0, 0.05) is 36.9 Å². The highest BCUT2D eigenvalue weighted by Crippen LogP contribution is 2.22. The standard InChI is InChI=1S/C15H19ClN6/c1-11-3-4-12(9-13(11)16)18-15-19-14(10-17-20-15)22-7-5-21(2)6-8-22/h3-4,9-10H,5-8H2,1-2H3,(H,18,19,20). The predicted molar refractivity (Wildman–Crippen MR) is 89.0 cm³/mol. The molecular formula is C15H19ClN6. The Morgan fingerprint density at radius 3 is 2.68 bits per heavy atom. The zero-order valence-electron chi connectivity index (χ0n) is 12.8. The normalized spacial score (nSPS) is 15.9. The lowest BCUT2D eigenvalue weighted by atomic mass is 10.2. The monoisotopic (exact) mass is 318 g/mol. The van der Waals surface area contributed by atoms with Gasteiger partial charge in [0.25, 0.3) is 0 Å². The van der Waals surface area contributed by atoms with Gasteiger partial charge in [-0.05, 0) is 31.7 Å². The molecule has 1 aliphatic rings.